The maximum absolute atomic E-state index is 15.4. The van der Waals surface area contributed by atoms with Crippen molar-refractivity contribution in [2.75, 3.05) is 36.8 Å². The number of anilines is 3. The summed E-state index contributed by atoms with van der Waals surface area (Å²) >= 11 is 0. The molecular weight excluding hydrogens is 634 g/mol. The molecule has 2 aromatic carbocycles. The third-order valence-corrected chi connectivity index (χ3v) is 9.20. The maximum atomic E-state index is 15.4. The van der Waals surface area contributed by atoms with Gasteiger partial charge in [0.05, 0.1) is 17.6 Å². The highest BCUT2D eigenvalue weighted by Crippen LogP contribution is 2.31. The fourth-order valence-corrected chi connectivity index (χ4v) is 6.55. The van der Waals surface area contributed by atoms with E-state index in [0.29, 0.717) is 47.4 Å². The average Bonchev–Trinajstić information content (AvgIpc) is 3.55. The lowest BCUT2D eigenvalue weighted by Crippen LogP contribution is -2.40. The number of amidine groups is 1. The van der Waals surface area contributed by atoms with Crippen LogP contribution in [0.4, 0.5) is 26.0 Å². The molecule has 2 aromatic heterocycles. The lowest BCUT2D eigenvalue weighted by Gasteiger charge is -2.33. The predicted octanol–water partition coefficient (Wildman–Crippen LogP) is 8.39. The van der Waals surface area contributed by atoms with E-state index in [1.807, 2.05) is 25.1 Å². The molecule has 0 saturated carbocycles. The first-order valence-electron chi connectivity index (χ1n) is 17.5. The van der Waals surface area contributed by atoms with Gasteiger partial charge in [-0.15, -0.1) is 0 Å². The summed E-state index contributed by atoms with van der Waals surface area (Å²) < 4.78 is 32.2. The summed E-state index contributed by atoms with van der Waals surface area (Å²) in [5.74, 6) is -0.0560. The largest absolute Gasteiger partial charge is 0.352 e. The minimum absolute atomic E-state index is 0.0330. The van der Waals surface area contributed by atoms with Crippen molar-refractivity contribution in [2.24, 2.45) is 16.8 Å². The molecule has 1 aliphatic rings. The number of piperidine rings is 1. The molecule has 1 saturated heterocycles. The molecule has 0 aliphatic carbocycles. The lowest BCUT2D eigenvalue weighted by molar-refractivity contribution is 0.0932. The van der Waals surface area contributed by atoms with E-state index in [4.69, 9.17) is 0 Å². The van der Waals surface area contributed by atoms with E-state index in [0.717, 1.165) is 49.6 Å². The van der Waals surface area contributed by atoms with Crippen LogP contribution in [0.2, 0.25) is 0 Å². The van der Waals surface area contributed by atoms with Gasteiger partial charge in [0.25, 0.3) is 5.91 Å². The molecule has 0 bridgehead atoms. The summed E-state index contributed by atoms with van der Waals surface area (Å²) in [5, 5.41) is 9.28. The van der Waals surface area contributed by atoms with Crippen molar-refractivity contribution >= 4 is 34.6 Å². The van der Waals surface area contributed by atoms with Crippen molar-refractivity contribution in [1.82, 2.24) is 24.6 Å². The Labute approximate surface area is 293 Å². The Morgan fingerprint density at radius 2 is 1.94 bits per heavy atom. The first-order chi connectivity index (χ1) is 24.2. The molecule has 11 heteroatoms. The summed E-state index contributed by atoms with van der Waals surface area (Å²) in [7, 11) is 0. The Hall–Kier alpha value is -4.90. The number of aromatic nitrogens is 3. The number of carbonyl (C=O) groups is 1. The minimum Gasteiger partial charge on any atom is -0.352 e. The molecular formula is C39H48F2N8O. The zero-order valence-corrected chi connectivity index (χ0v) is 29.5. The van der Waals surface area contributed by atoms with Gasteiger partial charge in [0.1, 0.15) is 5.84 Å². The Morgan fingerprint density at radius 3 is 2.68 bits per heavy atom. The van der Waals surface area contributed by atoms with Crippen molar-refractivity contribution in [3.8, 4) is 11.3 Å². The number of fused-ring (bicyclic) bond motifs is 1. The van der Waals surface area contributed by atoms with E-state index in [1.165, 1.54) is 37.4 Å². The average molecular weight is 683 g/mol. The molecule has 3 N–H and O–H groups in total. The van der Waals surface area contributed by atoms with E-state index in [1.54, 1.807) is 35.9 Å². The van der Waals surface area contributed by atoms with Crippen LogP contribution in [0.3, 0.4) is 0 Å². The van der Waals surface area contributed by atoms with Gasteiger partial charge in [-0.05, 0) is 99.5 Å². The summed E-state index contributed by atoms with van der Waals surface area (Å²) in [6.45, 7) is 15.9. The van der Waals surface area contributed by atoms with Gasteiger partial charge in [0, 0.05) is 48.5 Å². The number of rotatable bonds is 14. The molecule has 1 atom stereocenters. The molecule has 1 aliphatic heterocycles. The van der Waals surface area contributed by atoms with Gasteiger partial charge >= 0.3 is 0 Å². The second kappa shape index (κ2) is 17.2. The fraction of sp³-hybridized carbons (Fsp3) is 0.385. The number of imidazole rings is 1. The first kappa shape index (κ1) is 36.4. The highest BCUT2D eigenvalue weighted by atomic mass is 19.2. The number of nitrogens with zero attached hydrogens (tertiary/aromatic N) is 5. The first-order valence-corrected chi connectivity index (χ1v) is 17.5. The van der Waals surface area contributed by atoms with Crippen LogP contribution in [0.5, 0.6) is 0 Å². The van der Waals surface area contributed by atoms with Crippen LogP contribution >= 0.6 is 0 Å². The number of carbonyl (C=O) groups excluding carboxylic acids is 1. The van der Waals surface area contributed by atoms with Gasteiger partial charge in [-0.3, -0.25) is 9.20 Å². The van der Waals surface area contributed by atoms with E-state index in [9.17, 15) is 4.79 Å². The van der Waals surface area contributed by atoms with E-state index in [2.05, 4.69) is 56.2 Å². The normalized spacial score (nSPS) is 15.0. The maximum Gasteiger partial charge on any atom is 0.251 e. The summed E-state index contributed by atoms with van der Waals surface area (Å²) in [4.78, 5) is 28.9. The predicted molar refractivity (Wildman–Crippen MR) is 199 cm³/mol. The second-order valence-electron chi connectivity index (χ2n) is 13.0. The highest BCUT2D eigenvalue weighted by molar-refractivity contribution is 5.96. The molecule has 4 aromatic rings. The molecule has 0 radical (unpaired) electrons. The third-order valence-electron chi connectivity index (χ3n) is 9.20. The van der Waals surface area contributed by atoms with Crippen LogP contribution in [-0.4, -0.2) is 57.2 Å². The standard InChI is InChI=1S/C39H48F2N8O/c1-6-9-17-42-27(5)46-33-14-13-32(35(40)36(33)41)34-24-44-38-37(43-18-21-49(34)38)47-30-11-12-31(29(8-3)22-30)39(50)45-23-28-15-19-48(20-16-28)25-26(4)10-7-2/h6,9,11-14,17-18,21-22,24,26,28H,1,7-8,10,15-16,19-20,23,25H2,2-5H3,(H,42,46)(H,43,47)(H,45,50)/b17-9-. The lowest BCUT2D eigenvalue weighted by atomic mass is 9.95. The zero-order chi connectivity index (χ0) is 35.6. The number of benzene rings is 2. The molecule has 3 heterocycles. The molecule has 1 amide bonds. The van der Waals surface area contributed by atoms with Crippen LogP contribution in [0.25, 0.3) is 16.9 Å². The number of amides is 1. The van der Waals surface area contributed by atoms with Gasteiger partial charge in [-0.25, -0.2) is 23.7 Å². The minimum atomic E-state index is -1.03. The molecule has 50 heavy (non-hydrogen) atoms. The number of aryl methyl sites for hydroxylation is 1. The van der Waals surface area contributed by atoms with Crippen molar-refractivity contribution < 1.29 is 13.6 Å². The number of aliphatic imine (C=N–C) groups is 1. The van der Waals surface area contributed by atoms with Crippen LogP contribution < -0.4 is 16.0 Å². The van der Waals surface area contributed by atoms with Gasteiger partial charge in [0.15, 0.2) is 23.1 Å². The molecule has 1 unspecified atom stereocenters. The van der Waals surface area contributed by atoms with Crippen molar-refractivity contribution in [3.05, 3.63) is 96.6 Å². The monoisotopic (exact) mass is 682 g/mol. The topological polar surface area (TPSA) is 98.9 Å². The number of nitrogens with one attached hydrogen (secondary N) is 3. The van der Waals surface area contributed by atoms with Gasteiger partial charge in [0.2, 0.25) is 0 Å². The van der Waals surface area contributed by atoms with Crippen molar-refractivity contribution in [3.63, 3.8) is 0 Å². The molecule has 264 valence electrons. The van der Waals surface area contributed by atoms with Gasteiger partial charge in [-0.1, -0.05) is 39.8 Å². The van der Waals surface area contributed by atoms with Gasteiger partial charge < -0.3 is 20.9 Å². The van der Waals surface area contributed by atoms with Crippen LogP contribution in [0.15, 0.2) is 78.8 Å². The zero-order valence-electron chi connectivity index (χ0n) is 29.5. The van der Waals surface area contributed by atoms with E-state index < -0.39 is 11.6 Å². The molecule has 5 rings (SSSR count). The Morgan fingerprint density at radius 1 is 1.14 bits per heavy atom. The van der Waals surface area contributed by atoms with Gasteiger partial charge in [-0.2, -0.15) is 0 Å². The molecule has 1 fully saturated rings. The number of halogens is 2. The van der Waals surface area contributed by atoms with E-state index >= 15 is 8.78 Å². The molecule has 9 nitrogen and oxygen atoms in total. The van der Waals surface area contributed by atoms with Crippen LogP contribution in [0.1, 0.15) is 69.3 Å². The second-order valence-corrected chi connectivity index (χ2v) is 13.0. The highest BCUT2D eigenvalue weighted by Gasteiger charge is 2.22. The van der Waals surface area contributed by atoms with Crippen molar-refractivity contribution in [2.45, 2.75) is 59.8 Å². The van der Waals surface area contributed by atoms with E-state index in [-0.39, 0.29) is 17.2 Å². The summed E-state index contributed by atoms with van der Waals surface area (Å²) in [6, 6.07) is 8.59. The number of likely N-dealkylation sites (tertiary alicyclic amines) is 1. The number of allylic oxidation sites excluding steroid dienone is 2. The quantitative estimate of drug-likeness (QED) is 0.0702. The summed E-state index contributed by atoms with van der Waals surface area (Å²) in [6.07, 6.45) is 14.8. The molecule has 0 spiro atoms. The van der Waals surface area contributed by atoms with Crippen LogP contribution in [-0.2, 0) is 6.42 Å². The number of hydrogen-bond donors (Lipinski definition) is 3. The fourth-order valence-electron chi connectivity index (χ4n) is 6.55. The van der Waals surface area contributed by atoms with Crippen LogP contribution in [0, 0.1) is 23.5 Å². The Bertz CT molecular complexity index is 1860. The smallest absolute Gasteiger partial charge is 0.251 e. The summed E-state index contributed by atoms with van der Waals surface area (Å²) in [5.41, 5.74) is 3.12. The van der Waals surface area contributed by atoms with Crippen molar-refractivity contribution in [1.29, 1.82) is 0 Å². The number of hydrogen-bond acceptors (Lipinski definition) is 6. The Balaban J connectivity index is 1.25. The third kappa shape index (κ3) is 8.81. The Kier molecular flexibility index (Phi) is 12.5. The SMILES string of the molecule is C=C/C=C\N=C(C)Nc1ccc(-c2cnc3c(Nc4ccc(C(=O)NCC5CCN(CC(C)CCC)CC5)c(CC)c4)nccn23)c(F)c1F.